The van der Waals surface area contributed by atoms with E-state index in [1.165, 1.54) is 0 Å². The van der Waals surface area contributed by atoms with Crippen molar-refractivity contribution in [3.05, 3.63) is 61.1 Å². The Balaban J connectivity index is 1.97. The monoisotopic (exact) mass is 210 g/mol. The van der Waals surface area contributed by atoms with Crippen molar-refractivity contribution in [1.29, 1.82) is 0 Å². The highest BCUT2D eigenvalue weighted by Gasteiger charge is 2.02. The van der Waals surface area contributed by atoms with Gasteiger partial charge in [0.2, 0.25) is 0 Å². The van der Waals surface area contributed by atoms with Gasteiger partial charge in [-0.1, -0.05) is 24.3 Å². The molecule has 1 aromatic carbocycles. The Bertz CT molecular complexity index is 492. The molecule has 0 spiro atoms. The summed E-state index contributed by atoms with van der Waals surface area (Å²) in [6, 6.07) is 15.8. The Morgan fingerprint density at radius 3 is 1.31 bits per heavy atom. The quantitative estimate of drug-likeness (QED) is 0.633. The number of furan rings is 2. The molecule has 78 valence electrons. The zero-order chi connectivity index (χ0) is 10.8. The van der Waals surface area contributed by atoms with E-state index in [9.17, 15) is 0 Å². The molecule has 2 heteroatoms. The lowest BCUT2D eigenvalue weighted by molar-refractivity contribution is 0.580. The fourth-order valence-corrected chi connectivity index (χ4v) is 1.68. The second-order valence-corrected chi connectivity index (χ2v) is 3.53. The van der Waals surface area contributed by atoms with E-state index in [0.717, 1.165) is 22.6 Å². The Hall–Kier alpha value is -2.22. The maximum atomic E-state index is 5.33. The van der Waals surface area contributed by atoms with Gasteiger partial charge >= 0.3 is 0 Å². The summed E-state index contributed by atoms with van der Waals surface area (Å²) in [7, 11) is 0. The largest absolute Gasteiger partial charge is 0.464 e. The van der Waals surface area contributed by atoms with E-state index in [4.69, 9.17) is 8.83 Å². The van der Waals surface area contributed by atoms with Gasteiger partial charge in [0, 0.05) is 11.1 Å². The minimum absolute atomic E-state index is 0.881. The van der Waals surface area contributed by atoms with E-state index < -0.39 is 0 Å². The third-order valence-electron chi connectivity index (χ3n) is 2.50. The maximum Gasteiger partial charge on any atom is 0.133 e. The molecule has 2 heterocycles. The summed E-state index contributed by atoms with van der Waals surface area (Å²) in [6.45, 7) is 0. The van der Waals surface area contributed by atoms with Gasteiger partial charge in [0.25, 0.3) is 0 Å². The van der Waals surface area contributed by atoms with Crippen LogP contribution in [0.1, 0.15) is 0 Å². The molecule has 0 saturated heterocycles. The number of hydrogen-bond donors (Lipinski definition) is 0. The van der Waals surface area contributed by atoms with Crippen LogP contribution in [-0.2, 0) is 0 Å². The minimum atomic E-state index is 0.881. The van der Waals surface area contributed by atoms with Crippen molar-refractivity contribution in [2.75, 3.05) is 0 Å². The summed E-state index contributed by atoms with van der Waals surface area (Å²) < 4.78 is 10.7. The van der Waals surface area contributed by atoms with Crippen LogP contribution in [-0.4, -0.2) is 0 Å². The summed E-state index contributed by atoms with van der Waals surface area (Å²) >= 11 is 0. The topological polar surface area (TPSA) is 26.3 Å². The number of benzene rings is 1. The third-order valence-corrected chi connectivity index (χ3v) is 2.50. The first-order valence-electron chi connectivity index (χ1n) is 5.11. The molecule has 0 aliphatic heterocycles. The van der Waals surface area contributed by atoms with E-state index in [-0.39, 0.29) is 0 Å². The first-order chi connectivity index (χ1) is 7.93. The van der Waals surface area contributed by atoms with E-state index >= 15 is 0 Å². The lowest BCUT2D eigenvalue weighted by Crippen LogP contribution is -1.76. The summed E-state index contributed by atoms with van der Waals surface area (Å²) in [5.74, 6) is 1.76. The fourth-order valence-electron chi connectivity index (χ4n) is 1.68. The molecule has 3 rings (SSSR count). The molecule has 0 radical (unpaired) electrons. The van der Waals surface area contributed by atoms with E-state index in [2.05, 4.69) is 0 Å². The normalized spacial score (nSPS) is 10.5. The van der Waals surface area contributed by atoms with Crippen molar-refractivity contribution in [3.8, 4) is 22.6 Å². The van der Waals surface area contributed by atoms with Gasteiger partial charge in [-0.15, -0.1) is 0 Å². The summed E-state index contributed by atoms with van der Waals surface area (Å²) in [6.07, 6.45) is 3.35. The minimum Gasteiger partial charge on any atom is -0.464 e. The molecule has 0 saturated carbocycles. The fraction of sp³-hybridized carbons (Fsp3) is 0. The highest BCUT2D eigenvalue weighted by atomic mass is 16.3. The van der Waals surface area contributed by atoms with Crippen molar-refractivity contribution < 1.29 is 8.83 Å². The summed E-state index contributed by atoms with van der Waals surface area (Å²) in [5, 5.41) is 0. The van der Waals surface area contributed by atoms with Gasteiger partial charge in [-0.3, -0.25) is 0 Å². The van der Waals surface area contributed by atoms with Crippen molar-refractivity contribution in [2.45, 2.75) is 0 Å². The maximum absolute atomic E-state index is 5.33. The van der Waals surface area contributed by atoms with Crippen LogP contribution in [0.2, 0.25) is 0 Å². The number of rotatable bonds is 2. The van der Waals surface area contributed by atoms with Gasteiger partial charge in [0.1, 0.15) is 11.5 Å². The lowest BCUT2D eigenvalue weighted by Gasteiger charge is -1.99. The second kappa shape index (κ2) is 3.74. The Labute approximate surface area is 93.1 Å². The number of hydrogen-bond acceptors (Lipinski definition) is 2. The Kier molecular flexibility index (Phi) is 2.11. The molecule has 0 aliphatic carbocycles. The van der Waals surface area contributed by atoms with E-state index in [0.29, 0.717) is 0 Å². The molecule has 3 aromatic rings. The van der Waals surface area contributed by atoms with Crippen LogP contribution >= 0.6 is 0 Å². The SMILES string of the molecule is c1coc(-c2ccc(-c3ccco3)cc2)c1. The zero-order valence-corrected chi connectivity index (χ0v) is 8.59. The predicted octanol–water partition coefficient (Wildman–Crippen LogP) is 4.21. The first-order valence-corrected chi connectivity index (χ1v) is 5.11. The zero-order valence-electron chi connectivity index (χ0n) is 8.59. The average molecular weight is 210 g/mol. The van der Waals surface area contributed by atoms with E-state index in [1.807, 2.05) is 48.5 Å². The molecular formula is C14H10O2. The molecule has 0 N–H and O–H groups in total. The Morgan fingerprint density at radius 2 is 1.00 bits per heavy atom. The smallest absolute Gasteiger partial charge is 0.133 e. The average Bonchev–Trinajstić information content (AvgIpc) is 3.03. The highest BCUT2D eigenvalue weighted by Crippen LogP contribution is 2.25. The molecule has 0 amide bonds. The molecular weight excluding hydrogens is 200 g/mol. The van der Waals surface area contributed by atoms with Gasteiger partial charge < -0.3 is 8.83 Å². The van der Waals surface area contributed by atoms with Gasteiger partial charge in [-0.2, -0.15) is 0 Å². The van der Waals surface area contributed by atoms with Crippen LogP contribution in [0.3, 0.4) is 0 Å². The van der Waals surface area contributed by atoms with Crippen LogP contribution in [0.4, 0.5) is 0 Å². The van der Waals surface area contributed by atoms with Gasteiger partial charge in [0.15, 0.2) is 0 Å². The van der Waals surface area contributed by atoms with Gasteiger partial charge in [0.05, 0.1) is 12.5 Å². The molecule has 0 aliphatic rings. The van der Waals surface area contributed by atoms with Crippen LogP contribution in [0.25, 0.3) is 22.6 Å². The van der Waals surface area contributed by atoms with Crippen molar-refractivity contribution in [1.82, 2.24) is 0 Å². The lowest BCUT2D eigenvalue weighted by atomic mass is 10.1. The van der Waals surface area contributed by atoms with Crippen LogP contribution < -0.4 is 0 Å². The van der Waals surface area contributed by atoms with Crippen LogP contribution in [0.5, 0.6) is 0 Å². The molecule has 0 bridgehead atoms. The van der Waals surface area contributed by atoms with Gasteiger partial charge in [-0.05, 0) is 24.3 Å². The highest BCUT2D eigenvalue weighted by molar-refractivity contribution is 5.64. The van der Waals surface area contributed by atoms with Gasteiger partial charge in [-0.25, -0.2) is 0 Å². The predicted molar refractivity (Wildman–Crippen MR) is 61.8 cm³/mol. The first kappa shape index (κ1) is 9.04. The third kappa shape index (κ3) is 1.54. The van der Waals surface area contributed by atoms with E-state index in [1.54, 1.807) is 12.5 Å². The molecule has 16 heavy (non-hydrogen) atoms. The molecule has 0 atom stereocenters. The second-order valence-electron chi connectivity index (χ2n) is 3.53. The van der Waals surface area contributed by atoms with Crippen molar-refractivity contribution in [2.24, 2.45) is 0 Å². The Morgan fingerprint density at radius 1 is 0.562 bits per heavy atom. The molecule has 2 aromatic heterocycles. The summed E-state index contributed by atoms with van der Waals surface area (Å²) in [5.41, 5.74) is 2.14. The summed E-state index contributed by atoms with van der Waals surface area (Å²) in [4.78, 5) is 0. The van der Waals surface area contributed by atoms with Crippen LogP contribution in [0, 0.1) is 0 Å². The molecule has 0 fully saturated rings. The molecule has 0 unspecified atom stereocenters. The molecule has 2 nitrogen and oxygen atoms in total. The van der Waals surface area contributed by atoms with Crippen molar-refractivity contribution in [3.63, 3.8) is 0 Å². The van der Waals surface area contributed by atoms with Crippen molar-refractivity contribution >= 4 is 0 Å². The van der Waals surface area contributed by atoms with Crippen LogP contribution in [0.15, 0.2) is 69.9 Å². The standard InChI is InChI=1S/C14H10O2/c1-3-13(15-9-1)11-5-7-12(8-6-11)14-4-2-10-16-14/h1-10H.